The molecule has 2 heterocycles. The van der Waals surface area contributed by atoms with Gasteiger partial charge in [-0.15, -0.1) is 0 Å². The Kier molecular flexibility index (Phi) is 5.52. The number of furan rings is 1. The molecule has 1 fully saturated rings. The number of para-hydroxylation sites is 2. The van der Waals surface area contributed by atoms with Crippen molar-refractivity contribution in [3.63, 3.8) is 0 Å². The predicted octanol–water partition coefficient (Wildman–Crippen LogP) is 2.25. The van der Waals surface area contributed by atoms with E-state index in [1.807, 2.05) is 4.90 Å². The highest BCUT2D eigenvalue weighted by atomic mass is 16.6. The third-order valence-electron chi connectivity index (χ3n) is 4.63. The lowest BCUT2D eigenvalue weighted by atomic mass is 9.95. The number of nitrogens with one attached hydrogen (secondary N) is 1. The molecule has 2 N–H and O–H groups in total. The lowest BCUT2D eigenvalue weighted by Gasteiger charge is -2.32. The fourth-order valence-corrected chi connectivity index (χ4v) is 3.19. The molecule has 0 bridgehead atoms. The van der Waals surface area contributed by atoms with E-state index >= 15 is 0 Å². The van der Waals surface area contributed by atoms with Gasteiger partial charge in [0.2, 0.25) is 5.91 Å². The number of anilines is 1. The predicted molar refractivity (Wildman–Crippen MR) is 94.7 cm³/mol. The number of hydrogen-bond acceptors (Lipinski definition) is 6. The summed E-state index contributed by atoms with van der Waals surface area (Å²) in [4.78, 5) is 25.0. The second-order valence-corrected chi connectivity index (χ2v) is 6.28. The Morgan fingerprint density at radius 2 is 2.04 bits per heavy atom. The molecule has 2 aromatic rings. The Hall–Kier alpha value is -2.87. The number of hydrogen-bond donors (Lipinski definition) is 2. The van der Waals surface area contributed by atoms with Crippen molar-refractivity contribution >= 4 is 17.3 Å². The van der Waals surface area contributed by atoms with Gasteiger partial charge in [-0.3, -0.25) is 14.9 Å². The smallest absolute Gasteiger partial charge is 0.292 e. The fraction of sp³-hybridized carbons (Fsp3) is 0.389. The molecule has 26 heavy (non-hydrogen) atoms. The minimum absolute atomic E-state index is 0.0805. The fourth-order valence-electron chi connectivity index (χ4n) is 3.19. The average Bonchev–Trinajstić information content (AvgIpc) is 3.21. The molecule has 1 aromatic heterocycles. The van der Waals surface area contributed by atoms with Crippen LogP contribution in [0.2, 0.25) is 0 Å². The van der Waals surface area contributed by atoms with Crippen LogP contribution in [0.25, 0.3) is 0 Å². The lowest BCUT2D eigenvalue weighted by Crippen LogP contribution is -2.41. The number of amides is 1. The SMILES string of the molecule is O=C(NCC(O)c1ccco1)C1CCN(c2ccccc2[N+](=O)[O-])CC1. The number of benzene rings is 1. The summed E-state index contributed by atoms with van der Waals surface area (Å²) in [5.74, 6) is 0.132. The maximum atomic E-state index is 12.3. The van der Waals surface area contributed by atoms with E-state index in [9.17, 15) is 20.0 Å². The van der Waals surface area contributed by atoms with Gasteiger partial charge in [0.1, 0.15) is 17.6 Å². The van der Waals surface area contributed by atoms with Crippen LogP contribution in [0.5, 0.6) is 0 Å². The first-order valence-corrected chi connectivity index (χ1v) is 8.54. The molecule has 3 rings (SSSR count). The zero-order valence-corrected chi connectivity index (χ0v) is 14.2. The van der Waals surface area contributed by atoms with Crippen molar-refractivity contribution in [2.75, 3.05) is 24.5 Å². The topological polar surface area (TPSA) is 109 Å². The zero-order chi connectivity index (χ0) is 18.5. The summed E-state index contributed by atoms with van der Waals surface area (Å²) in [7, 11) is 0. The molecule has 1 unspecified atom stereocenters. The van der Waals surface area contributed by atoms with E-state index in [1.54, 1.807) is 30.3 Å². The van der Waals surface area contributed by atoms with Crippen molar-refractivity contribution in [3.8, 4) is 0 Å². The van der Waals surface area contributed by atoms with Crippen molar-refractivity contribution < 1.29 is 19.2 Å². The molecular formula is C18H21N3O5. The van der Waals surface area contributed by atoms with Gasteiger partial charge in [0.15, 0.2) is 0 Å². The van der Waals surface area contributed by atoms with Crippen LogP contribution in [0, 0.1) is 16.0 Å². The van der Waals surface area contributed by atoms with Gasteiger partial charge in [-0.25, -0.2) is 0 Å². The normalized spacial score (nSPS) is 16.3. The van der Waals surface area contributed by atoms with Crippen molar-refractivity contribution in [3.05, 3.63) is 58.5 Å². The minimum atomic E-state index is -0.874. The largest absolute Gasteiger partial charge is 0.467 e. The molecule has 1 aliphatic heterocycles. The van der Waals surface area contributed by atoms with Crippen LogP contribution in [-0.2, 0) is 4.79 Å². The van der Waals surface area contributed by atoms with Crippen molar-refractivity contribution in [2.45, 2.75) is 18.9 Å². The van der Waals surface area contributed by atoms with Crippen LogP contribution in [-0.4, -0.2) is 35.6 Å². The maximum Gasteiger partial charge on any atom is 0.292 e. The van der Waals surface area contributed by atoms with E-state index in [1.165, 1.54) is 12.3 Å². The molecule has 8 heteroatoms. The van der Waals surface area contributed by atoms with Crippen LogP contribution in [0.3, 0.4) is 0 Å². The molecule has 8 nitrogen and oxygen atoms in total. The number of carbonyl (C=O) groups excluding carboxylic acids is 1. The third-order valence-corrected chi connectivity index (χ3v) is 4.63. The number of rotatable bonds is 6. The van der Waals surface area contributed by atoms with Gasteiger partial charge in [0.25, 0.3) is 5.69 Å². The number of nitro groups is 1. The van der Waals surface area contributed by atoms with E-state index in [0.29, 0.717) is 37.4 Å². The van der Waals surface area contributed by atoms with E-state index in [2.05, 4.69) is 5.32 Å². The van der Waals surface area contributed by atoms with Gasteiger partial charge in [0.05, 0.1) is 17.7 Å². The molecule has 138 valence electrons. The highest BCUT2D eigenvalue weighted by Crippen LogP contribution is 2.31. The summed E-state index contributed by atoms with van der Waals surface area (Å²) in [6.45, 7) is 1.24. The monoisotopic (exact) mass is 359 g/mol. The second-order valence-electron chi connectivity index (χ2n) is 6.28. The van der Waals surface area contributed by atoms with Crippen molar-refractivity contribution in [1.29, 1.82) is 0 Å². The number of aliphatic hydroxyl groups is 1. The van der Waals surface area contributed by atoms with Crippen LogP contribution < -0.4 is 10.2 Å². The van der Waals surface area contributed by atoms with Gasteiger partial charge in [-0.2, -0.15) is 0 Å². The molecule has 1 saturated heterocycles. The second kappa shape index (κ2) is 8.01. The Morgan fingerprint density at radius 1 is 1.31 bits per heavy atom. The number of piperidine rings is 1. The zero-order valence-electron chi connectivity index (χ0n) is 14.2. The Morgan fingerprint density at radius 3 is 2.69 bits per heavy atom. The molecule has 1 aliphatic rings. The van der Waals surface area contributed by atoms with Gasteiger partial charge >= 0.3 is 0 Å². The molecule has 1 atom stereocenters. The Bertz CT molecular complexity index is 754. The summed E-state index contributed by atoms with van der Waals surface area (Å²) in [5, 5.41) is 23.9. The van der Waals surface area contributed by atoms with Crippen LogP contribution in [0.1, 0.15) is 24.7 Å². The standard InChI is InChI=1S/C18H21N3O5/c22-16(17-6-3-11-26-17)12-19-18(23)13-7-9-20(10-8-13)14-4-1-2-5-15(14)21(24)25/h1-6,11,13,16,22H,7-10,12H2,(H,19,23). The summed E-state index contributed by atoms with van der Waals surface area (Å²) >= 11 is 0. The van der Waals surface area contributed by atoms with Gasteiger partial charge in [0, 0.05) is 25.1 Å². The minimum Gasteiger partial charge on any atom is -0.467 e. The molecular weight excluding hydrogens is 338 g/mol. The van der Waals surface area contributed by atoms with E-state index in [-0.39, 0.29) is 29.0 Å². The molecule has 1 amide bonds. The molecule has 0 spiro atoms. The number of nitro benzene ring substituents is 1. The van der Waals surface area contributed by atoms with Crippen LogP contribution in [0.4, 0.5) is 11.4 Å². The first-order chi connectivity index (χ1) is 12.6. The van der Waals surface area contributed by atoms with Gasteiger partial charge in [-0.05, 0) is 31.0 Å². The van der Waals surface area contributed by atoms with Gasteiger partial charge in [-0.1, -0.05) is 12.1 Å². The van der Waals surface area contributed by atoms with Crippen molar-refractivity contribution in [1.82, 2.24) is 5.32 Å². The summed E-state index contributed by atoms with van der Waals surface area (Å²) in [5.41, 5.74) is 0.668. The first kappa shape index (κ1) is 17.9. The Balaban J connectivity index is 1.52. The molecule has 0 radical (unpaired) electrons. The summed E-state index contributed by atoms with van der Waals surface area (Å²) in [6.07, 6.45) is 1.81. The highest BCUT2D eigenvalue weighted by molar-refractivity contribution is 5.79. The van der Waals surface area contributed by atoms with Crippen LogP contribution >= 0.6 is 0 Å². The molecule has 0 aliphatic carbocycles. The van der Waals surface area contributed by atoms with E-state index in [4.69, 9.17) is 4.42 Å². The highest BCUT2D eigenvalue weighted by Gasteiger charge is 2.28. The number of aliphatic hydroxyl groups excluding tert-OH is 1. The third kappa shape index (κ3) is 4.02. The Labute approximate surface area is 150 Å². The van der Waals surface area contributed by atoms with E-state index < -0.39 is 6.10 Å². The summed E-state index contributed by atoms with van der Waals surface area (Å²) < 4.78 is 5.10. The number of nitrogens with zero attached hydrogens (tertiary/aromatic N) is 2. The lowest BCUT2D eigenvalue weighted by molar-refractivity contribution is -0.384. The molecule has 0 saturated carbocycles. The van der Waals surface area contributed by atoms with E-state index in [0.717, 1.165) is 0 Å². The maximum absolute atomic E-state index is 12.3. The quantitative estimate of drug-likeness (QED) is 0.605. The summed E-state index contributed by atoms with van der Waals surface area (Å²) in [6, 6.07) is 9.98. The average molecular weight is 359 g/mol. The first-order valence-electron chi connectivity index (χ1n) is 8.54. The van der Waals surface area contributed by atoms with Gasteiger partial charge < -0.3 is 19.7 Å². The molecule has 1 aromatic carbocycles. The number of carbonyl (C=O) groups is 1. The van der Waals surface area contributed by atoms with Crippen LogP contribution in [0.15, 0.2) is 47.1 Å². The van der Waals surface area contributed by atoms with Crippen molar-refractivity contribution in [2.24, 2.45) is 5.92 Å².